The number of benzene rings is 2. The van der Waals surface area contributed by atoms with Crippen LogP contribution in [-0.2, 0) is 6.54 Å². The first-order valence-corrected chi connectivity index (χ1v) is 7.93. The summed E-state index contributed by atoms with van der Waals surface area (Å²) in [5, 5.41) is 10.7. The van der Waals surface area contributed by atoms with E-state index in [-0.39, 0.29) is 5.69 Å². The number of nitro benzene ring substituents is 1. The SMILES string of the molecule is CCCCn1c(N=Cc2ccc([N+](=O)[O-])cc2)nc2ccccc21. The second-order valence-electron chi connectivity index (χ2n) is 5.51. The molecule has 6 nitrogen and oxygen atoms in total. The minimum atomic E-state index is -0.412. The standard InChI is InChI=1S/C18H18N4O2/c1-2-3-12-21-17-7-5-4-6-16(17)20-18(21)19-13-14-8-10-15(11-9-14)22(23)24/h4-11,13H,2-3,12H2,1H3. The fourth-order valence-electron chi connectivity index (χ4n) is 2.51. The van der Waals surface area contributed by atoms with Crippen molar-refractivity contribution in [3.63, 3.8) is 0 Å². The van der Waals surface area contributed by atoms with Crippen LogP contribution in [0.15, 0.2) is 53.5 Å². The van der Waals surface area contributed by atoms with Gasteiger partial charge in [-0.15, -0.1) is 0 Å². The van der Waals surface area contributed by atoms with E-state index in [1.54, 1.807) is 18.3 Å². The van der Waals surface area contributed by atoms with Crippen molar-refractivity contribution in [2.75, 3.05) is 0 Å². The van der Waals surface area contributed by atoms with Crippen LogP contribution in [0.1, 0.15) is 25.3 Å². The number of aryl methyl sites for hydroxylation is 1. The molecular formula is C18H18N4O2. The van der Waals surface area contributed by atoms with E-state index in [2.05, 4.69) is 21.5 Å². The van der Waals surface area contributed by atoms with E-state index in [0.717, 1.165) is 36.0 Å². The highest BCUT2D eigenvalue weighted by Gasteiger charge is 2.09. The van der Waals surface area contributed by atoms with Crippen LogP contribution in [0.5, 0.6) is 0 Å². The largest absolute Gasteiger partial charge is 0.308 e. The Kier molecular flexibility index (Phi) is 4.65. The molecule has 2 aromatic carbocycles. The van der Waals surface area contributed by atoms with Crippen molar-refractivity contribution in [3.8, 4) is 0 Å². The molecule has 0 unspecified atom stereocenters. The normalized spacial score (nSPS) is 11.4. The van der Waals surface area contributed by atoms with Gasteiger partial charge < -0.3 is 4.57 Å². The lowest BCUT2D eigenvalue weighted by Crippen LogP contribution is -1.97. The van der Waals surface area contributed by atoms with Gasteiger partial charge in [0.1, 0.15) is 0 Å². The third-order valence-corrected chi connectivity index (χ3v) is 3.80. The summed E-state index contributed by atoms with van der Waals surface area (Å²) in [5.74, 6) is 0.656. The van der Waals surface area contributed by atoms with Crippen molar-refractivity contribution >= 4 is 28.9 Å². The van der Waals surface area contributed by atoms with Crippen LogP contribution in [-0.4, -0.2) is 20.7 Å². The summed E-state index contributed by atoms with van der Waals surface area (Å²) in [6.45, 7) is 3.02. The zero-order valence-corrected chi connectivity index (χ0v) is 13.4. The van der Waals surface area contributed by atoms with Crippen molar-refractivity contribution < 1.29 is 4.92 Å². The average molecular weight is 322 g/mol. The molecule has 0 aliphatic carbocycles. The number of imidazole rings is 1. The zero-order valence-electron chi connectivity index (χ0n) is 13.4. The van der Waals surface area contributed by atoms with E-state index in [1.807, 2.05) is 24.3 Å². The van der Waals surface area contributed by atoms with Gasteiger partial charge in [0.2, 0.25) is 5.95 Å². The number of non-ortho nitro benzene ring substituents is 1. The second-order valence-corrected chi connectivity index (χ2v) is 5.51. The van der Waals surface area contributed by atoms with Gasteiger partial charge in [0.05, 0.1) is 16.0 Å². The molecule has 24 heavy (non-hydrogen) atoms. The number of hydrogen-bond acceptors (Lipinski definition) is 4. The molecule has 1 aromatic heterocycles. The quantitative estimate of drug-likeness (QED) is 0.381. The number of nitro groups is 1. The Bertz CT molecular complexity index is 882. The molecule has 0 fully saturated rings. The van der Waals surface area contributed by atoms with Crippen molar-refractivity contribution in [3.05, 3.63) is 64.2 Å². The molecule has 0 atom stereocenters. The molecule has 0 saturated heterocycles. The molecule has 0 saturated carbocycles. The molecular weight excluding hydrogens is 304 g/mol. The van der Waals surface area contributed by atoms with Gasteiger partial charge in [0.25, 0.3) is 5.69 Å². The molecule has 0 aliphatic rings. The number of hydrogen-bond donors (Lipinski definition) is 0. The average Bonchev–Trinajstić information content (AvgIpc) is 2.96. The maximum Gasteiger partial charge on any atom is 0.269 e. The number of rotatable bonds is 6. The van der Waals surface area contributed by atoms with Crippen LogP contribution in [0.2, 0.25) is 0 Å². The van der Waals surface area contributed by atoms with Gasteiger partial charge in [-0.25, -0.2) is 9.98 Å². The van der Waals surface area contributed by atoms with Gasteiger partial charge >= 0.3 is 0 Å². The molecule has 1 heterocycles. The number of para-hydroxylation sites is 2. The Morgan fingerprint density at radius 2 is 1.96 bits per heavy atom. The van der Waals surface area contributed by atoms with E-state index >= 15 is 0 Å². The Morgan fingerprint density at radius 1 is 1.21 bits per heavy atom. The first-order chi connectivity index (χ1) is 11.7. The first-order valence-electron chi connectivity index (χ1n) is 7.93. The van der Waals surface area contributed by atoms with Crippen molar-refractivity contribution in [2.24, 2.45) is 4.99 Å². The van der Waals surface area contributed by atoms with Gasteiger partial charge in [0.15, 0.2) is 0 Å². The molecule has 0 radical (unpaired) electrons. The van der Waals surface area contributed by atoms with E-state index in [1.165, 1.54) is 12.1 Å². The molecule has 0 aliphatic heterocycles. The maximum absolute atomic E-state index is 10.7. The van der Waals surface area contributed by atoms with Crippen LogP contribution in [0.25, 0.3) is 11.0 Å². The monoisotopic (exact) mass is 322 g/mol. The van der Waals surface area contributed by atoms with Crippen molar-refractivity contribution in [2.45, 2.75) is 26.3 Å². The van der Waals surface area contributed by atoms with Gasteiger partial charge in [-0.1, -0.05) is 25.5 Å². The van der Waals surface area contributed by atoms with Gasteiger partial charge in [0, 0.05) is 24.9 Å². The van der Waals surface area contributed by atoms with Crippen LogP contribution in [0.4, 0.5) is 11.6 Å². The number of aromatic nitrogens is 2. The van der Waals surface area contributed by atoms with Crippen LogP contribution in [0, 0.1) is 10.1 Å². The molecule has 0 N–H and O–H groups in total. The number of aliphatic imine (C=N–C) groups is 1. The minimum absolute atomic E-state index is 0.0716. The molecule has 122 valence electrons. The number of nitrogens with zero attached hydrogens (tertiary/aromatic N) is 4. The number of fused-ring (bicyclic) bond motifs is 1. The van der Waals surface area contributed by atoms with Crippen LogP contribution in [0.3, 0.4) is 0 Å². The summed E-state index contributed by atoms with van der Waals surface area (Å²) < 4.78 is 2.11. The fraction of sp³-hybridized carbons (Fsp3) is 0.222. The number of unbranched alkanes of at least 4 members (excludes halogenated alkanes) is 1. The first kappa shape index (κ1) is 15.9. The fourth-order valence-corrected chi connectivity index (χ4v) is 2.51. The smallest absolute Gasteiger partial charge is 0.269 e. The molecule has 0 amide bonds. The molecule has 6 heteroatoms. The molecule has 0 spiro atoms. The highest BCUT2D eigenvalue weighted by atomic mass is 16.6. The summed E-state index contributed by atoms with van der Waals surface area (Å²) >= 11 is 0. The highest BCUT2D eigenvalue weighted by Crippen LogP contribution is 2.22. The lowest BCUT2D eigenvalue weighted by atomic mass is 10.2. The maximum atomic E-state index is 10.7. The third-order valence-electron chi connectivity index (χ3n) is 3.80. The molecule has 3 rings (SSSR count). The Hall–Kier alpha value is -3.02. The van der Waals surface area contributed by atoms with Gasteiger partial charge in [-0.2, -0.15) is 0 Å². The van der Waals surface area contributed by atoms with Crippen LogP contribution >= 0.6 is 0 Å². The minimum Gasteiger partial charge on any atom is -0.308 e. The van der Waals surface area contributed by atoms with E-state index in [4.69, 9.17) is 0 Å². The summed E-state index contributed by atoms with van der Waals surface area (Å²) in [6, 6.07) is 14.3. The Morgan fingerprint density at radius 3 is 2.67 bits per heavy atom. The van der Waals surface area contributed by atoms with Crippen LogP contribution < -0.4 is 0 Å². The van der Waals surface area contributed by atoms with E-state index in [9.17, 15) is 10.1 Å². The van der Waals surface area contributed by atoms with E-state index in [0.29, 0.717) is 5.95 Å². The predicted molar refractivity (Wildman–Crippen MR) is 95.0 cm³/mol. The van der Waals surface area contributed by atoms with Crippen molar-refractivity contribution in [1.82, 2.24) is 9.55 Å². The summed E-state index contributed by atoms with van der Waals surface area (Å²) in [5.41, 5.74) is 2.86. The Balaban J connectivity index is 1.92. The summed E-state index contributed by atoms with van der Waals surface area (Å²) in [6.07, 6.45) is 3.84. The molecule has 0 bridgehead atoms. The van der Waals surface area contributed by atoms with Gasteiger partial charge in [-0.3, -0.25) is 10.1 Å². The topological polar surface area (TPSA) is 73.3 Å². The lowest BCUT2D eigenvalue weighted by Gasteiger charge is -2.04. The lowest BCUT2D eigenvalue weighted by molar-refractivity contribution is -0.384. The van der Waals surface area contributed by atoms with Crippen molar-refractivity contribution in [1.29, 1.82) is 0 Å². The third kappa shape index (κ3) is 3.32. The summed E-state index contributed by atoms with van der Waals surface area (Å²) in [7, 11) is 0. The molecule has 3 aromatic rings. The van der Waals surface area contributed by atoms with E-state index < -0.39 is 4.92 Å². The summed E-state index contributed by atoms with van der Waals surface area (Å²) in [4.78, 5) is 19.4. The second kappa shape index (κ2) is 7.04. The Labute approximate surface area is 139 Å². The zero-order chi connectivity index (χ0) is 16.9. The highest BCUT2D eigenvalue weighted by molar-refractivity contribution is 5.84. The van der Waals surface area contributed by atoms with Gasteiger partial charge in [-0.05, 0) is 36.2 Å². The predicted octanol–water partition coefficient (Wildman–Crippen LogP) is 4.50.